The predicted octanol–water partition coefficient (Wildman–Crippen LogP) is 3.00. The maximum absolute atomic E-state index is 13.0. The lowest BCUT2D eigenvalue weighted by Crippen LogP contribution is -2.49. The SMILES string of the molecule is Cc1cc(N2CCN(C(=O)Cc3cccc(Cl)c3)CC2)n2nc(C(F)(F)F)nc2n1. The second kappa shape index (κ2) is 7.75. The van der Waals surface area contributed by atoms with Gasteiger partial charge < -0.3 is 9.80 Å². The number of halogens is 4. The molecule has 1 amide bonds. The van der Waals surface area contributed by atoms with Gasteiger partial charge in [-0.1, -0.05) is 23.7 Å². The molecule has 1 aromatic carbocycles. The summed E-state index contributed by atoms with van der Waals surface area (Å²) in [5, 5.41) is 4.18. The van der Waals surface area contributed by atoms with Gasteiger partial charge in [0.1, 0.15) is 5.82 Å². The molecule has 158 valence electrons. The average molecular weight is 439 g/mol. The molecule has 3 heterocycles. The number of rotatable bonds is 3. The normalized spacial score (nSPS) is 15.1. The van der Waals surface area contributed by atoms with Crippen LogP contribution in [0.4, 0.5) is 19.0 Å². The fourth-order valence-electron chi connectivity index (χ4n) is 3.43. The lowest BCUT2D eigenvalue weighted by Gasteiger charge is -2.36. The largest absolute Gasteiger partial charge is 0.453 e. The molecule has 0 aliphatic carbocycles. The quantitative estimate of drug-likeness (QED) is 0.629. The molecule has 4 rings (SSSR count). The van der Waals surface area contributed by atoms with E-state index in [1.165, 1.54) is 0 Å². The number of hydrogen-bond acceptors (Lipinski definition) is 5. The van der Waals surface area contributed by atoms with Crippen LogP contribution in [0, 0.1) is 6.92 Å². The van der Waals surface area contributed by atoms with E-state index in [-0.39, 0.29) is 18.1 Å². The third-order valence-electron chi connectivity index (χ3n) is 4.88. The number of aromatic nitrogens is 4. The number of fused-ring (bicyclic) bond motifs is 1. The van der Waals surface area contributed by atoms with Crippen LogP contribution in [-0.2, 0) is 17.4 Å². The van der Waals surface area contributed by atoms with Crippen molar-refractivity contribution in [3.8, 4) is 0 Å². The Hall–Kier alpha value is -2.88. The monoisotopic (exact) mass is 438 g/mol. The van der Waals surface area contributed by atoms with E-state index in [1.807, 2.05) is 11.0 Å². The molecular formula is C19H18ClF3N6O. The molecule has 7 nitrogen and oxygen atoms in total. The van der Waals surface area contributed by atoms with E-state index >= 15 is 0 Å². The van der Waals surface area contributed by atoms with E-state index in [0.29, 0.717) is 42.7 Å². The van der Waals surface area contributed by atoms with E-state index in [9.17, 15) is 18.0 Å². The summed E-state index contributed by atoms with van der Waals surface area (Å²) in [7, 11) is 0. The van der Waals surface area contributed by atoms with Gasteiger partial charge in [-0.2, -0.15) is 22.7 Å². The number of carbonyl (C=O) groups excluding carboxylic acids is 1. The number of anilines is 1. The van der Waals surface area contributed by atoms with Gasteiger partial charge in [0.25, 0.3) is 11.6 Å². The lowest BCUT2D eigenvalue weighted by molar-refractivity contribution is -0.144. The van der Waals surface area contributed by atoms with Crippen LogP contribution in [0.2, 0.25) is 5.02 Å². The van der Waals surface area contributed by atoms with Gasteiger partial charge in [-0.15, -0.1) is 5.10 Å². The predicted molar refractivity (Wildman–Crippen MR) is 104 cm³/mol. The minimum atomic E-state index is -4.65. The Bertz CT molecular complexity index is 1090. The van der Waals surface area contributed by atoms with E-state index in [4.69, 9.17) is 11.6 Å². The lowest BCUT2D eigenvalue weighted by atomic mass is 10.1. The maximum atomic E-state index is 13.0. The van der Waals surface area contributed by atoms with Crippen molar-refractivity contribution in [3.05, 3.63) is 52.4 Å². The summed E-state index contributed by atoms with van der Waals surface area (Å²) in [6.45, 7) is 3.50. The number of nitrogens with zero attached hydrogens (tertiary/aromatic N) is 6. The first-order chi connectivity index (χ1) is 14.2. The van der Waals surface area contributed by atoms with Crippen molar-refractivity contribution in [1.82, 2.24) is 24.5 Å². The van der Waals surface area contributed by atoms with Crippen LogP contribution in [0.3, 0.4) is 0 Å². The number of carbonyl (C=O) groups is 1. The highest BCUT2D eigenvalue weighted by molar-refractivity contribution is 6.30. The molecule has 1 saturated heterocycles. The van der Waals surface area contributed by atoms with Crippen LogP contribution in [0.15, 0.2) is 30.3 Å². The van der Waals surface area contributed by atoms with Gasteiger partial charge in [-0.3, -0.25) is 4.79 Å². The Balaban J connectivity index is 1.49. The van der Waals surface area contributed by atoms with Crippen molar-refractivity contribution in [2.45, 2.75) is 19.5 Å². The summed E-state index contributed by atoms with van der Waals surface area (Å²) in [4.78, 5) is 23.8. The molecule has 0 radical (unpaired) electrons. The third-order valence-corrected chi connectivity index (χ3v) is 5.11. The molecule has 2 aromatic heterocycles. The number of benzene rings is 1. The van der Waals surface area contributed by atoms with Gasteiger partial charge in [0.2, 0.25) is 5.91 Å². The van der Waals surface area contributed by atoms with Crippen molar-refractivity contribution in [3.63, 3.8) is 0 Å². The molecule has 11 heteroatoms. The molecular weight excluding hydrogens is 421 g/mol. The topological polar surface area (TPSA) is 66.6 Å². The van der Waals surface area contributed by atoms with Gasteiger partial charge in [-0.05, 0) is 24.6 Å². The van der Waals surface area contributed by atoms with E-state index in [0.717, 1.165) is 10.1 Å². The first kappa shape index (κ1) is 20.4. The van der Waals surface area contributed by atoms with E-state index in [2.05, 4.69) is 15.1 Å². The van der Waals surface area contributed by atoms with Crippen LogP contribution in [-0.4, -0.2) is 56.6 Å². The molecule has 0 spiro atoms. The van der Waals surface area contributed by atoms with Crippen LogP contribution in [0.25, 0.3) is 5.78 Å². The van der Waals surface area contributed by atoms with Crippen molar-refractivity contribution in [2.75, 3.05) is 31.1 Å². The van der Waals surface area contributed by atoms with Gasteiger partial charge in [0.15, 0.2) is 0 Å². The van der Waals surface area contributed by atoms with Gasteiger partial charge in [0, 0.05) is 43.0 Å². The number of hydrogen-bond donors (Lipinski definition) is 0. The van der Waals surface area contributed by atoms with Gasteiger partial charge in [0.05, 0.1) is 6.42 Å². The Morgan fingerprint density at radius 2 is 1.87 bits per heavy atom. The first-order valence-corrected chi connectivity index (χ1v) is 9.67. The standard InChI is InChI=1S/C19H18ClF3N6O/c1-12-9-15(29-18(24-12)25-17(26-29)19(21,22)23)27-5-7-28(8-6-27)16(30)11-13-3-2-4-14(20)10-13/h2-4,9-10H,5-8,11H2,1H3. The van der Waals surface area contributed by atoms with Crippen molar-refractivity contribution >= 4 is 29.1 Å². The van der Waals surface area contributed by atoms with Gasteiger partial charge in [-0.25, -0.2) is 4.98 Å². The van der Waals surface area contributed by atoms with E-state index < -0.39 is 12.0 Å². The van der Waals surface area contributed by atoms with Crippen molar-refractivity contribution in [1.29, 1.82) is 0 Å². The van der Waals surface area contributed by atoms with Crippen LogP contribution in [0.5, 0.6) is 0 Å². The zero-order valence-corrected chi connectivity index (χ0v) is 16.8. The van der Waals surface area contributed by atoms with Crippen LogP contribution < -0.4 is 4.90 Å². The Morgan fingerprint density at radius 3 is 2.53 bits per heavy atom. The highest BCUT2D eigenvalue weighted by atomic mass is 35.5. The minimum absolute atomic E-state index is 0.0203. The Kier molecular flexibility index (Phi) is 5.27. The Morgan fingerprint density at radius 1 is 1.13 bits per heavy atom. The summed E-state index contributed by atoms with van der Waals surface area (Å²) >= 11 is 5.97. The molecule has 0 bridgehead atoms. The molecule has 1 aliphatic rings. The maximum Gasteiger partial charge on any atom is 0.453 e. The summed E-state index contributed by atoms with van der Waals surface area (Å²) < 4.78 is 40.1. The average Bonchev–Trinajstić information content (AvgIpc) is 3.12. The van der Waals surface area contributed by atoms with Gasteiger partial charge >= 0.3 is 6.18 Å². The molecule has 30 heavy (non-hydrogen) atoms. The molecule has 1 aliphatic heterocycles. The van der Waals surface area contributed by atoms with Crippen molar-refractivity contribution in [2.24, 2.45) is 0 Å². The summed E-state index contributed by atoms with van der Waals surface area (Å²) in [5.41, 5.74) is 1.38. The molecule has 3 aromatic rings. The summed E-state index contributed by atoms with van der Waals surface area (Å²) in [6.07, 6.45) is -4.40. The zero-order valence-electron chi connectivity index (χ0n) is 16.0. The molecule has 0 unspecified atom stereocenters. The number of piperazine rings is 1. The second-order valence-corrected chi connectivity index (χ2v) is 7.51. The summed E-state index contributed by atoms with van der Waals surface area (Å²) in [6, 6.07) is 8.83. The van der Waals surface area contributed by atoms with Crippen molar-refractivity contribution < 1.29 is 18.0 Å². The second-order valence-electron chi connectivity index (χ2n) is 7.08. The van der Waals surface area contributed by atoms with Crippen LogP contribution >= 0.6 is 11.6 Å². The molecule has 0 N–H and O–H groups in total. The van der Waals surface area contributed by atoms with Crippen LogP contribution in [0.1, 0.15) is 17.1 Å². The molecule has 0 saturated carbocycles. The number of amides is 1. The summed E-state index contributed by atoms with van der Waals surface area (Å²) in [5.74, 6) is -0.871. The number of aryl methyl sites for hydroxylation is 1. The fraction of sp³-hybridized carbons (Fsp3) is 0.368. The smallest absolute Gasteiger partial charge is 0.353 e. The highest BCUT2D eigenvalue weighted by Gasteiger charge is 2.37. The Labute approximate surface area is 175 Å². The zero-order chi connectivity index (χ0) is 21.5. The minimum Gasteiger partial charge on any atom is -0.353 e. The fourth-order valence-corrected chi connectivity index (χ4v) is 3.64. The molecule has 1 fully saturated rings. The molecule has 0 atom stereocenters. The number of alkyl halides is 3. The first-order valence-electron chi connectivity index (χ1n) is 9.29. The highest BCUT2D eigenvalue weighted by Crippen LogP contribution is 2.28. The third kappa shape index (κ3) is 4.18. The van der Waals surface area contributed by atoms with E-state index in [1.54, 1.807) is 36.1 Å².